The van der Waals surface area contributed by atoms with E-state index in [0.717, 1.165) is 34.0 Å². The van der Waals surface area contributed by atoms with Crippen LogP contribution in [-0.4, -0.2) is 11.6 Å². The summed E-state index contributed by atoms with van der Waals surface area (Å²) < 4.78 is 6.92. The molecule has 1 heterocycles. The maximum absolute atomic E-state index is 8.73. The molecule has 0 radical (unpaired) electrons. The lowest BCUT2D eigenvalue weighted by atomic mass is 10.1. The van der Waals surface area contributed by atoms with Crippen LogP contribution in [0.25, 0.3) is 10.2 Å². The molecule has 4 heteroatoms. The van der Waals surface area contributed by atoms with Crippen LogP contribution < -0.4 is 4.74 Å². The average Bonchev–Trinajstić information content (AvgIpc) is 2.92. The van der Waals surface area contributed by atoms with E-state index in [1.54, 1.807) is 11.3 Å². The van der Waals surface area contributed by atoms with Gasteiger partial charge in [-0.2, -0.15) is 5.26 Å². The van der Waals surface area contributed by atoms with Gasteiger partial charge < -0.3 is 4.74 Å². The van der Waals surface area contributed by atoms with Crippen molar-refractivity contribution in [1.29, 1.82) is 5.26 Å². The molecule has 0 bridgehead atoms. The van der Waals surface area contributed by atoms with Gasteiger partial charge in [0.1, 0.15) is 10.8 Å². The fourth-order valence-corrected chi connectivity index (χ4v) is 3.36. The molecule has 0 aliphatic rings. The van der Waals surface area contributed by atoms with E-state index < -0.39 is 0 Å². The van der Waals surface area contributed by atoms with Crippen LogP contribution in [0.5, 0.6) is 5.75 Å². The van der Waals surface area contributed by atoms with Gasteiger partial charge in [0, 0.05) is 0 Å². The molecule has 1 aromatic carbocycles. The molecule has 0 atom stereocenters. The van der Waals surface area contributed by atoms with Gasteiger partial charge in [0.05, 0.1) is 29.3 Å². The summed E-state index contributed by atoms with van der Waals surface area (Å²) in [6.07, 6.45) is 9.44. The molecule has 0 amide bonds. The summed E-state index contributed by atoms with van der Waals surface area (Å²) in [5, 5.41) is 9.60. The SMILES string of the molecule is CCCCCCCCCOc1ccc2nc(CC#N)sc2c1. The maximum Gasteiger partial charge on any atom is 0.120 e. The summed E-state index contributed by atoms with van der Waals surface area (Å²) in [4.78, 5) is 4.43. The van der Waals surface area contributed by atoms with Crippen molar-refractivity contribution in [2.75, 3.05) is 6.61 Å². The molecule has 0 saturated carbocycles. The number of fused-ring (bicyclic) bond motifs is 1. The van der Waals surface area contributed by atoms with Gasteiger partial charge >= 0.3 is 0 Å². The van der Waals surface area contributed by atoms with Gasteiger partial charge in [-0.15, -0.1) is 11.3 Å². The highest BCUT2D eigenvalue weighted by molar-refractivity contribution is 7.18. The topological polar surface area (TPSA) is 45.9 Å². The minimum absolute atomic E-state index is 0.383. The lowest BCUT2D eigenvalue weighted by Gasteiger charge is -2.06. The van der Waals surface area contributed by atoms with Crippen molar-refractivity contribution in [3.8, 4) is 11.8 Å². The molecule has 3 nitrogen and oxygen atoms in total. The summed E-state index contributed by atoms with van der Waals surface area (Å²) in [5.41, 5.74) is 0.957. The third-order valence-corrected chi connectivity index (χ3v) is 4.67. The molecule has 0 aliphatic heterocycles. The molecule has 118 valence electrons. The highest BCUT2D eigenvalue weighted by Gasteiger charge is 2.05. The van der Waals surface area contributed by atoms with E-state index in [0.29, 0.717) is 6.42 Å². The van der Waals surface area contributed by atoms with E-state index in [-0.39, 0.29) is 0 Å². The van der Waals surface area contributed by atoms with Crippen LogP contribution in [0.3, 0.4) is 0 Å². The van der Waals surface area contributed by atoms with Crippen molar-refractivity contribution in [2.24, 2.45) is 0 Å². The number of ether oxygens (including phenoxy) is 1. The predicted molar refractivity (Wildman–Crippen MR) is 92.4 cm³/mol. The molecule has 2 aromatic rings. The Morgan fingerprint density at radius 2 is 1.91 bits per heavy atom. The number of benzene rings is 1. The van der Waals surface area contributed by atoms with Crippen molar-refractivity contribution >= 4 is 21.6 Å². The lowest BCUT2D eigenvalue weighted by molar-refractivity contribution is 0.304. The molecule has 0 spiro atoms. The van der Waals surface area contributed by atoms with Gasteiger partial charge in [-0.05, 0) is 24.6 Å². The molecule has 0 unspecified atom stereocenters. The zero-order valence-corrected chi connectivity index (χ0v) is 14.1. The number of nitrogens with zero attached hydrogens (tertiary/aromatic N) is 2. The van der Waals surface area contributed by atoms with Crippen LogP contribution in [0, 0.1) is 11.3 Å². The first-order valence-electron chi connectivity index (χ1n) is 8.22. The molecule has 22 heavy (non-hydrogen) atoms. The summed E-state index contributed by atoms with van der Waals surface area (Å²) in [6, 6.07) is 8.13. The molecule has 1 aromatic heterocycles. The fraction of sp³-hybridized carbons (Fsp3) is 0.556. The van der Waals surface area contributed by atoms with Crippen LogP contribution in [0.1, 0.15) is 56.9 Å². The Hall–Kier alpha value is -1.60. The van der Waals surface area contributed by atoms with Crippen LogP contribution in [0.2, 0.25) is 0 Å². The van der Waals surface area contributed by atoms with Gasteiger partial charge in [0.2, 0.25) is 0 Å². The number of thiazole rings is 1. The maximum atomic E-state index is 8.73. The molecule has 0 N–H and O–H groups in total. The van der Waals surface area contributed by atoms with E-state index in [1.165, 1.54) is 38.5 Å². The second kappa shape index (κ2) is 9.42. The second-order valence-corrected chi connectivity index (χ2v) is 6.66. The van der Waals surface area contributed by atoms with Crippen LogP contribution in [0.4, 0.5) is 0 Å². The monoisotopic (exact) mass is 316 g/mol. The van der Waals surface area contributed by atoms with E-state index in [4.69, 9.17) is 10.00 Å². The van der Waals surface area contributed by atoms with Gasteiger partial charge in [0.25, 0.3) is 0 Å². The van der Waals surface area contributed by atoms with E-state index >= 15 is 0 Å². The molecular weight excluding hydrogens is 292 g/mol. The Balaban J connectivity index is 1.72. The van der Waals surface area contributed by atoms with Crippen LogP contribution >= 0.6 is 11.3 Å². The highest BCUT2D eigenvalue weighted by Crippen LogP contribution is 2.26. The third kappa shape index (κ3) is 5.31. The van der Waals surface area contributed by atoms with Crippen LogP contribution in [0.15, 0.2) is 18.2 Å². The predicted octanol–water partition coefficient (Wildman–Crippen LogP) is 5.49. The van der Waals surface area contributed by atoms with Crippen molar-refractivity contribution in [3.63, 3.8) is 0 Å². The standard InChI is InChI=1S/C18H24N2OS/c1-2-3-4-5-6-7-8-13-21-15-9-10-16-17(14-15)22-18(20-16)11-12-19/h9-10,14H,2-8,11,13H2,1H3. The Morgan fingerprint density at radius 3 is 2.68 bits per heavy atom. The van der Waals surface area contributed by atoms with Crippen molar-refractivity contribution in [2.45, 2.75) is 58.3 Å². The Morgan fingerprint density at radius 1 is 1.14 bits per heavy atom. The van der Waals surface area contributed by atoms with E-state index in [1.807, 2.05) is 18.2 Å². The fourth-order valence-electron chi connectivity index (χ4n) is 2.43. The van der Waals surface area contributed by atoms with Crippen molar-refractivity contribution < 1.29 is 4.74 Å². The van der Waals surface area contributed by atoms with Gasteiger partial charge in [0.15, 0.2) is 0 Å². The molecule has 0 fully saturated rings. The minimum Gasteiger partial charge on any atom is -0.494 e. The number of hydrogen-bond donors (Lipinski definition) is 0. The molecule has 0 aliphatic carbocycles. The molecule has 2 rings (SSSR count). The quantitative estimate of drug-likeness (QED) is 0.544. The summed E-state index contributed by atoms with van der Waals surface area (Å²) in [6.45, 7) is 3.03. The van der Waals surface area contributed by atoms with E-state index in [2.05, 4.69) is 18.0 Å². The third-order valence-electron chi connectivity index (χ3n) is 3.65. The van der Waals surface area contributed by atoms with E-state index in [9.17, 15) is 0 Å². The largest absolute Gasteiger partial charge is 0.494 e. The minimum atomic E-state index is 0.383. The van der Waals surface area contributed by atoms with Crippen molar-refractivity contribution in [1.82, 2.24) is 4.98 Å². The molecule has 0 saturated heterocycles. The van der Waals surface area contributed by atoms with Crippen LogP contribution in [-0.2, 0) is 6.42 Å². The highest BCUT2D eigenvalue weighted by atomic mass is 32.1. The summed E-state index contributed by atoms with van der Waals surface area (Å²) in [5.74, 6) is 0.908. The molecular formula is C18H24N2OS. The zero-order valence-electron chi connectivity index (χ0n) is 13.3. The number of unbranched alkanes of at least 4 members (excludes halogenated alkanes) is 6. The van der Waals surface area contributed by atoms with Gasteiger partial charge in [-0.1, -0.05) is 45.4 Å². The number of nitriles is 1. The normalized spacial score (nSPS) is 10.7. The number of aromatic nitrogens is 1. The second-order valence-electron chi connectivity index (χ2n) is 5.54. The smallest absolute Gasteiger partial charge is 0.120 e. The van der Waals surface area contributed by atoms with Gasteiger partial charge in [-0.25, -0.2) is 4.98 Å². The first kappa shape index (κ1) is 16.8. The average molecular weight is 316 g/mol. The number of rotatable bonds is 10. The Bertz CT molecular complexity index is 615. The van der Waals surface area contributed by atoms with Gasteiger partial charge in [-0.3, -0.25) is 0 Å². The summed E-state index contributed by atoms with van der Waals surface area (Å²) >= 11 is 1.58. The zero-order chi connectivity index (χ0) is 15.6. The van der Waals surface area contributed by atoms with Crippen molar-refractivity contribution in [3.05, 3.63) is 23.2 Å². The Kier molecular flexibility index (Phi) is 7.18. The Labute approximate surface area is 136 Å². The number of hydrogen-bond acceptors (Lipinski definition) is 4. The first-order chi connectivity index (χ1) is 10.8. The lowest BCUT2D eigenvalue weighted by Crippen LogP contribution is -1.97. The summed E-state index contributed by atoms with van der Waals surface area (Å²) in [7, 11) is 0. The first-order valence-corrected chi connectivity index (χ1v) is 9.04.